The van der Waals surface area contributed by atoms with E-state index in [-0.39, 0.29) is 50.1 Å². The number of amides is 4. The molecule has 1 aliphatic heterocycles. The van der Waals surface area contributed by atoms with Gasteiger partial charge in [-0.3, -0.25) is 24.0 Å². The highest BCUT2D eigenvalue weighted by molar-refractivity contribution is 5.95. The van der Waals surface area contributed by atoms with E-state index in [0.717, 1.165) is 11.1 Å². The summed E-state index contributed by atoms with van der Waals surface area (Å²) in [7, 11) is 1.28. The molecule has 0 saturated carbocycles. The van der Waals surface area contributed by atoms with E-state index in [1.54, 1.807) is 4.90 Å². The van der Waals surface area contributed by atoms with Crippen LogP contribution in [0.25, 0.3) is 0 Å². The summed E-state index contributed by atoms with van der Waals surface area (Å²) in [6.07, 6.45) is 3.16. The van der Waals surface area contributed by atoms with Crippen LogP contribution in [0.1, 0.15) is 82.8 Å². The summed E-state index contributed by atoms with van der Waals surface area (Å²) in [4.78, 5) is 69.2. The normalized spacial score (nSPS) is 16.9. The van der Waals surface area contributed by atoms with Gasteiger partial charge < -0.3 is 42.8 Å². The zero-order chi connectivity index (χ0) is 38.3. The number of likely N-dealkylation sites (tertiary alicyclic amines) is 1. The summed E-state index contributed by atoms with van der Waals surface area (Å²) >= 11 is 0. The summed E-state index contributed by atoms with van der Waals surface area (Å²) in [5.41, 5.74) is 18.9. The van der Waals surface area contributed by atoms with Crippen molar-refractivity contribution in [3.05, 3.63) is 71.8 Å². The Kier molecular flexibility index (Phi) is 16.7. The van der Waals surface area contributed by atoms with Gasteiger partial charge in [-0.1, -0.05) is 81.4 Å². The molecule has 1 heterocycles. The third-order valence-electron chi connectivity index (χ3n) is 9.87. The number of carbonyl (C=O) groups excluding carboxylic acids is 5. The first-order valence-corrected chi connectivity index (χ1v) is 18.4. The Morgan fingerprint density at radius 3 is 1.90 bits per heavy atom. The van der Waals surface area contributed by atoms with E-state index >= 15 is 0 Å². The number of hydrogen-bond acceptors (Lipinski definition) is 9. The number of ether oxygens (including phenoxy) is 1. The molecule has 9 N–H and O–H groups in total. The van der Waals surface area contributed by atoms with Crippen molar-refractivity contribution in [1.29, 1.82) is 0 Å². The zero-order valence-corrected chi connectivity index (χ0v) is 31.1. The van der Waals surface area contributed by atoms with Crippen molar-refractivity contribution < 1.29 is 28.7 Å². The maximum absolute atomic E-state index is 14.0. The second-order valence-corrected chi connectivity index (χ2v) is 14.3. The summed E-state index contributed by atoms with van der Waals surface area (Å²) < 4.78 is 4.86. The van der Waals surface area contributed by atoms with Gasteiger partial charge in [0, 0.05) is 25.4 Å². The van der Waals surface area contributed by atoms with E-state index in [2.05, 4.69) is 16.0 Å². The van der Waals surface area contributed by atoms with Crippen LogP contribution in [0.15, 0.2) is 60.7 Å². The fourth-order valence-electron chi connectivity index (χ4n) is 6.34. The molecule has 1 fully saturated rings. The van der Waals surface area contributed by atoms with Crippen molar-refractivity contribution in [1.82, 2.24) is 20.9 Å². The Balaban J connectivity index is 1.80. The zero-order valence-electron chi connectivity index (χ0n) is 31.1. The second-order valence-electron chi connectivity index (χ2n) is 14.3. The van der Waals surface area contributed by atoms with Crippen LogP contribution in [-0.2, 0) is 35.1 Å². The van der Waals surface area contributed by atoms with Gasteiger partial charge in [0.15, 0.2) is 0 Å². The van der Waals surface area contributed by atoms with E-state index < -0.39 is 53.4 Å². The maximum Gasteiger partial charge on any atom is 0.325 e. The predicted octanol–water partition coefficient (Wildman–Crippen LogP) is 1.87. The van der Waals surface area contributed by atoms with E-state index in [1.165, 1.54) is 7.11 Å². The summed E-state index contributed by atoms with van der Waals surface area (Å²) in [6, 6.07) is 14.9. The topological polar surface area (TPSA) is 212 Å². The number of methoxy groups -OCH3 is 1. The van der Waals surface area contributed by atoms with Gasteiger partial charge >= 0.3 is 5.97 Å². The fraction of sp³-hybridized carbons (Fsp3) is 0.564. The Morgan fingerprint density at radius 2 is 1.33 bits per heavy atom. The highest BCUT2D eigenvalue weighted by atomic mass is 16.5. The molecule has 13 heteroatoms. The van der Waals surface area contributed by atoms with Crippen molar-refractivity contribution in [3.8, 4) is 0 Å². The number of nitrogens with two attached hydrogens (primary N) is 3. The van der Waals surface area contributed by atoms with Crippen LogP contribution in [0.2, 0.25) is 0 Å². The van der Waals surface area contributed by atoms with Gasteiger partial charge in [-0.05, 0) is 68.5 Å². The van der Waals surface area contributed by atoms with Crippen molar-refractivity contribution in [2.24, 2.45) is 23.1 Å². The van der Waals surface area contributed by atoms with Crippen LogP contribution in [-0.4, -0.2) is 90.9 Å². The van der Waals surface area contributed by atoms with Gasteiger partial charge in [0.25, 0.3) is 0 Å². The number of hydrogen-bond donors (Lipinski definition) is 6. The summed E-state index contributed by atoms with van der Waals surface area (Å²) in [5.74, 6) is -2.43. The smallest absolute Gasteiger partial charge is 0.325 e. The highest BCUT2D eigenvalue weighted by Gasteiger charge is 2.41. The number of piperidine rings is 1. The average Bonchev–Trinajstić information content (AvgIpc) is 3.15. The van der Waals surface area contributed by atoms with Crippen LogP contribution in [0.5, 0.6) is 0 Å². The first-order chi connectivity index (χ1) is 24.8. The largest absolute Gasteiger partial charge is 0.468 e. The van der Waals surface area contributed by atoms with Gasteiger partial charge in [-0.15, -0.1) is 0 Å². The van der Waals surface area contributed by atoms with E-state index in [1.807, 2.05) is 81.4 Å². The monoisotopic (exact) mass is 721 g/mol. The maximum atomic E-state index is 14.0. The number of nitrogens with zero attached hydrogens (tertiary/aromatic N) is 1. The summed E-state index contributed by atoms with van der Waals surface area (Å²) in [6.45, 7) is 6.79. The minimum atomic E-state index is -1.18. The molecule has 0 aromatic heterocycles. The lowest BCUT2D eigenvalue weighted by atomic mass is 9.88. The molecule has 2 aromatic carbocycles. The molecule has 4 amide bonds. The van der Waals surface area contributed by atoms with Crippen LogP contribution < -0.4 is 33.2 Å². The lowest BCUT2D eigenvalue weighted by molar-refractivity contribution is -0.151. The van der Waals surface area contributed by atoms with Crippen LogP contribution in [0, 0.1) is 5.92 Å². The minimum Gasteiger partial charge on any atom is -0.468 e. The number of carbonyl (C=O) groups is 5. The first-order valence-electron chi connectivity index (χ1n) is 18.4. The van der Waals surface area contributed by atoms with Crippen molar-refractivity contribution >= 4 is 29.6 Å². The minimum absolute atomic E-state index is 0.173. The molecule has 1 saturated heterocycles. The molecule has 286 valence electrons. The van der Waals surface area contributed by atoms with Gasteiger partial charge in [0.2, 0.25) is 23.6 Å². The third-order valence-corrected chi connectivity index (χ3v) is 9.87. The molecule has 0 radical (unpaired) electrons. The molecule has 5 atom stereocenters. The Labute approximate surface area is 308 Å². The number of nitrogens with one attached hydrogen (secondary N) is 3. The van der Waals surface area contributed by atoms with E-state index in [9.17, 15) is 24.0 Å². The number of unbranched alkanes of at least 4 members (excludes halogenated alkanes) is 1. The van der Waals surface area contributed by atoms with Gasteiger partial charge in [-0.25, -0.2) is 0 Å². The Hall–Kier alpha value is -4.33. The standard InChI is InChI=1S/C39H59N7O6/c1-26(2)18-19-30(34(47)44-31(17-11-12-22-40)37(50)46-23-20-39(42,21-24-46)38(51)52-4)43-35(48)32(25-28-13-7-5-8-14-28)45-36(49)33(41)27(3)29-15-9-6-10-16-29/h5-10,13-16,26-27,30-33H,11-12,17-25,40-42H2,1-4H3,(H,43,48)(H,44,47)(H,45,49)/t27-,30-,31-,32-,33-/m1/s1. The van der Waals surface area contributed by atoms with Crippen molar-refractivity contribution in [3.63, 3.8) is 0 Å². The molecule has 52 heavy (non-hydrogen) atoms. The van der Waals surface area contributed by atoms with Crippen molar-refractivity contribution in [2.45, 2.75) is 108 Å². The molecule has 0 spiro atoms. The Morgan fingerprint density at radius 1 is 0.769 bits per heavy atom. The van der Waals surface area contributed by atoms with Gasteiger partial charge in [0.05, 0.1) is 13.2 Å². The van der Waals surface area contributed by atoms with E-state index in [0.29, 0.717) is 38.6 Å². The molecular weight excluding hydrogens is 662 g/mol. The molecule has 3 rings (SSSR count). The lowest BCUT2D eigenvalue weighted by Crippen LogP contribution is -2.61. The van der Waals surface area contributed by atoms with Gasteiger partial charge in [0.1, 0.15) is 23.7 Å². The molecule has 0 aliphatic carbocycles. The molecule has 0 bridgehead atoms. The average molecular weight is 722 g/mol. The molecule has 2 aromatic rings. The number of esters is 1. The lowest BCUT2D eigenvalue weighted by Gasteiger charge is -2.38. The number of rotatable bonds is 19. The Bertz CT molecular complexity index is 1450. The van der Waals surface area contributed by atoms with Crippen molar-refractivity contribution in [2.75, 3.05) is 26.7 Å². The van der Waals surface area contributed by atoms with Gasteiger partial charge in [-0.2, -0.15) is 0 Å². The first kappa shape index (κ1) is 42.1. The third kappa shape index (κ3) is 12.4. The van der Waals surface area contributed by atoms with Crippen LogP contribution in [0.3, 0.4) is 0 Å². The van der Waals surface area contributed by atoms with E-state index in [4.69, 9.17) is 21.9 Å². The highest BCUT2D eigenvalue weighted by Crippen LogP contribution is 2.23. The SMILES string of the molecule is COC(=O)C1(N)CCN(C(=O)[C@@H](CCCCN)NC(=O)[C@@H](CCC(C)C)NC(=O)[C@@H](Cc2ccccc2)NC(=O)[C@H](N)[C@H](C)c2ccccc2)CC1. The summed E-state index contributed by atoms with van der Waals surface area (Å²) in [5, 5.41) is 8.68. The number of benzene rings is 2. The fourth-order valence-corrected chi connectivity index (χ4v) is 6.34. The van der Waals surface area contributed by atoms with Crippen LogP contribution in [0.4, 0.5) is 0 Å². The molecule has 0 unspecified atom stereocenters. The second kappa shape index (κ2) is 20.6. The molecule has 1 aliphatic rings. The predicted molar refractivity (Wildman–Crippen MR) is 200 cm³/mol. The quantitative estimate of drug-likeness (QED) is 0.0922. The molecule has 13 nitrogen and oxygen atoms in total. The van der Waals surface area contributed by atoms with Crippen LogP contribution >= 0.6 is 0 Å². The molecular formula is C39H59N7O6.